The fourth-order valence-corrected chi connectivity index (χ4v) is 1.39. The van der Waals surface area contributed by atoms with E-state index in [4.69, 9.17) is 5.73 Å². The van der Waals surface area contributed by atoms with Crippen molar-refractivity contribution in [3.8, 4) is 0 Å². The van der Waals surface area contributed by atoms with Crippen LogP contribution in [0, 0.1) is 0 Å². The van der Waals surface area contributed by atoms with Crippen molar-refractivity contribution in [1.29, 1.82) is 0 Å². The zero-order valence-corrected chi connectivity index (χ0v) is 8.40. The van der Waals surface area contributed by atoms with Gasteiger partial charge in [0.2, 0.25) is 0 Å². The standard InChI is InChI=1S/C7H8BrN5/c8-5-1-2-6-10-11-7(3-4-9)13(6)12-5/h1-2H,3-4,9H2. The van der Waals surface area contributed by atoms with Crippen LogP contribution in [-0.4, -0.2) is 26.4 Å². The lowest BCUT2D eigenvalue weighted by Gasteiger charge is -1.96. The van der Waals surface area contributed by atoms with Crippen LogP contribution in [0.15, 0.2) is 16.7 Å². The molecule has 0 aliphatic heterocycles. The third kappa shape index (κ3) is 1.54. The molecule has 6 heteroatoms. The second kappa shape index (κ2) is 3.39. The molecule has 2 aromatic rings. The lowest BCUT2D eigenvalue weighted by molar-refractivity contribution is 0.784. The molecule has 0 fully saturated rings. The van der Waals surface area contributed by atoms with E-state index in [-0.39, 0.29) is 0 Å². The summed E-state index contributed by atoms with van der Waals surface area (Å²) in [5, 5.41) is 12.1. The van der Waals surface area contributed by atoms with Gasteiger partial charge in [-0.3, -0.25) is 0 Å². The summed E-state index contributed by atoms with van der Waals surface area (Å²) in [4.78, 5) is 0. The number of fused-ring (bicyclic) bond motifs is 1. The molecule has 2 heterocycles. The number of rotatable bonds is 2. The molecular formula is C7H8BrN5. The number of hydrogen-bond donors (Lipinski definition) is 1. The van der Waals surface area contributed by atoms with Gasteiger partial charge >= 0.3 is 0 Å². The van der Waals surface area contributed by atoms with Crippen molar-refractivity contribution in [2.24, 2.45) is 5.73 Å². The largest absolute Gasteiger partial charge is 0.330 e. The molecule has 0 radical (unpaired) electrons. The lowest BCUT2D eigenvalue weighted by Crippen LogP contribution is -2.07. The van der Waals surface area contributed by atoms with Crippen molar-refractivity contribution in [3.05, 3.63) is 22.6 Å². The van der Waals surface area contributed by atoms with Crippen molar-refractivity contribution < 1.29 is 0 Å². The van der Waals surface area contributed by atoms with Gasteiger partial charge in [-0.05, 0) is 34.6 Å². The van der Waals surface area contributed by atoms with Crippen LogP contribution in [0.4, 0.5) is 0 Å². The van der Waals surface area contributed by atoms with E-state index in [0.29, 0.717) is 13.0 Å². The fraction of sp³-hybridized carbons (Fsp3) is 0.286. The highest BCUT2D eigenvalue weighted by Gasteiger charge is 2.04. The topological polar surface area (TPSA) is 69.1 Å². The number of hydrogen-bond acceptors (Lipinski definition) is 4. The van der Waals surface area contributed by atoms with E-state index in [2.05, 4.69) is 31.2 Å². The first-order valence-electron chi connectivity index (χ1n) is 3.88. The van der Waals surface area contributed by atoms with Gasteiger partial charge in [-0.25, -0.2) is 0 Å². The van der Waals surface area contributed by atoms with Crippen molar-refractivity contribution >= 4 is 21.6 Å². The molecule has 2 aromatic heterocycles. The minimum Gasteiger partial charge on any atom is -0.330 e. The molecule has 2 N–H and O–H groups in total. The van der Waals surface area contributed by atoms with Crippen LogP contribution < -0.4 is 5.73 Å². The first kappa shape index (κ1) is 8.58. The molecule has 0 aliphatic rings. The quantitative estimate of drug-likeness (QED) is 0.826. The van der Waals surface area contributed by atoms with Crippen LogP contribution in [0.2, 0.25) is 0 Å². The van der Waals surface area contributed by atoms with Gasteiger partial charge in [-0.1, -0.05) is 0 Å². The molecule has 0 saturated heterocycles. The van der Waals surface area contributed by atoms with Crippen LogP contribution in [0.25, 0.3) is 5.65 Å². The van der Waals surface area contributed by atoms with Crippen LogP contribution in [0.5, 0.6) is 0 Å². The third-order valence-electron chi connectivity index (χ3n) is 1.66. The number of halogens is 1. The maximum absolute atomic E-state index is 5.43. The van der Waals surface area contributed by atoms with E-state index in [0.717, 1.165) is 16.1 Å². The van der Waals surface area contributed by atoms with Crippen LogP contribution in [0.3, 0.4) is 0 Å². The predicted octanol–water partition coefficient (Wildman–Crippen LogP) is 0.388. The average molecular weight is 242 g/mol. The second-order valence-corrected chi connectivity index (χ2v) is 3.39. The Labute approximate surface area is 83.1 Å². The van der Waals surface area contributed by atoms with E-state index in [9.17, 15) is 0 Å². The summed E-state index contributed by atoms with van der Waals surface area (Å²) in [6.45, 7) is 0.551. The molecule has 5 nitrogen and oxygen atoms in total. The zero-order chi connectivity index (χ0) is 9.26. The normalized spacial score (nSPS) is 10.9. The van der Waals surface area contributed by atoms with E-state index in [1.807, 2.05) is 12.1 Å². The van der Waals surface area contributed by atoms with Crippen molar-refractivity contribution in [1.82, 2.24) is 19.8 Å². The Morgan fingerprint density at radius 1 is 1.38 bits per heavy atom. The molecule has 0 saturated carbocycles. The average Bonchev–Trinajstić information content (AvgIpc) is 2.49. The summed E-state index contributed by atoms with van der Waals surface area (Å²) in [5.41, 5.74) is 6.17. The minimum absolute atomic E-state index is 0.551. The maximum atomic E-state index is 5.43. The maximum Gasteiger partial charge on any atom is 0.177 e. The van der Waals surface area contributed by atoms with Gasteiger partial charge < -0.3 is 5.73 Å². The van der Waals surface area contributed by atoms with Gasteiger partial charge in [0.1, 0.15) is 4.60 Å². The predicted molar refractivity (Wildman–Crippen MR) is 51.2 cm³/mol. The Balaban J connectivity index is 2.58. The van der Waals surface area contributed by atoms with Gasteiger partial charge in [-0.2, -0.15) is 9.61 Å². The highest BCUT2D eigenvalue weighted by atomic mass is 79.9. The van der Waals surface area contributed by atoms with E-state index < -0.39 is 0 Å². The smallest absolute Gasteiger partial charge is 0.177 e. The molecule has 0 spiro atoms. The molecule has 0 bridgehead atoms. The number of nitrogens with zero attached hydrogens (tertiary/aromatic N) is 4. The SMILES string of the molecule is NCCc1nnc2ccc(Br)nn12. The third-order valence-corrected chi connectivity index (χ3v) is 2.09. The number of nitrogens with two attached hydrogens (primary N) is 1. The van der Waals surface area contributed by atoms with Crippen molar-refractivity contribution in [2.45, 2.75) is 6.42 Å². The zero-order valence-electron chi connectivity index (χ0n) is 6.81. The monoisotopic (exact) mass is 241 g/mol. The van der Waals surface area contributed by atoms with Crippen molar-refractivity contribution in [2.75, 3.05) is 6.54 Å². The minimum atomic E-state index is 0.551. The van der Waals surface area contributed by atoms with Gasteiger partial charge in [0, 0.05) is 6.42 Å². The second-order valence-electron chi connectivity index (χ2n) is 2.58. The van der Waals surface area contributed by atoms with Gasteiger partial charge in [0.25, 0.3) is 0 Å². The highest BCUT2D eigenvalue weighted by Crippen LogP contribution is 2.07. The Morgan fingerprint density at radius 3 is 3.00 bits per heavy atom. The number of aromatic nitrogens is 4. The Morgan fingerprint density at radius 2 is 2.23 bits per heavy atom. The molecule has 0 aliphatic carbocycles. The molecular weight excluding hydrogens is 234 g/mol. The summed E-state index contributed by atoms with van der Waals surface area (Å²) in [7, 11) is 0. The molecule has 0 unspecified atom stereocenters. The summed E-state index contributed by atoms with van der Waals surface area (Å²) in [6, 6.07) is 3.68. The summed E-state index contributed by atoms with van der Waals surface area (Å²) in [5.74, 6) is 0.791. The molecule has 0 amide bonds. The lowest BCUT2D eigenvalue weighted by atomic mass is 10.4. The van der Waals surface area contributed by atoms with E-state index in [1.54, 1.807) is 4.52 Å². The fourth-order valence-electron chi connectivity index (χ4n) is 1.10. The Hall–Kier alpha value is -1.01. The Bertz CT molecular complexity index is 424. The van der Waals surface area contributed by atoms with Crippen LogP contribution >= 0.6 is 15.9 Å². The van der Waals surface area contributed by atoms with Gasteiger partial charge in [0.05, 0.1) is 0 Å². The van der Waals surface area contributed by atoms with Crippen LogP contribution in [-0.2, 0) is 6.42 Å². The molecule has 2 rings (SSSR count). The van der Waals surface area contributed by atoms with E-state index in [1.165, 1.54) is 0 Å². The van der Waals surface area contributed by atoms with Crippen molar-refractivity contribution in [3.63, 3.8) is 0 Å². The van der Waals surface area contributed by atoms with Gasteiger partial charge in [0.15, 0.2) is 11.5 Å². The summed E-state index contributed by atoms with van der Waals surface area (Å²) < 4.78 is 2.45. The molecule has 0 atom stereocenters. The Kier molecular flexibility index (Phi) is 2.24. The highest BCUT2D eigenvalue weighted by molar-refractivity contribution is 9.10. The first-order chi connectivity index (χ1) is 6.31. The molecule has 13 heavy (non-hydrogen) atoms. The van der Waals surface area contributed by atoms with E-state index >= 15 is 0 Å². The summed E-state index contributed by atoms with van der Waals surface area (Å²) >= 11 is 3.28. The van der Waals surface area contributed by atoms with Gasteiger partial charge in [-0.15, -0.1) is 10.2 Å². The first-order valence-corrected chi connectivity index (χ1v) is 4.67. The molecule has 68 valence electrons. The summed E-state index contributed by atoms with van der Waals surface area (Å²) in [6.07, 6.45) is 0.685. The van der Waals surface area contributed by atoms with Crippen LogP contribution in [0.1, 0.15) is 5.82 Å². The molecule has 0 aromatic carbocycles.